The molecule has 1 aromatic heterocycles. The zero-order chi connectivity index (χ0) is 6.97. The fourth-order valence-electron chi connectivity index (χ4n) is 1.12. The van der Waals surface area contributed by atoms with Gasteiger partial charge in [0.15, 0.2) is 0 Å². The van der Waals surface area contributed by atoms with Crippen molar-refractivity contribution in [3.63, 3.8) is 0 Å². The van der Waals surface area contributed by atoms with Crippen molar-refractivity contribution in [1.82, 2.24) is 0 Å². The van der Waals surface area contributed by atoms with Gasteiger partial charge in [0.2, 0.25) is 0 Å². The predicted molar refractivity (Wildman–Crippen MR) is 43.3 cm³/mol. The molecular weight excluding hydrogens is 168 g/mol. The SMILES string of the molecule is ClCc1coc2c1CSC2. The van der Waals surface area contributed by atoms with Crippen molar-refractivity contribution < 1.29 is 4.42 Å². The van der Waals surface area contributed by atoms with E-state index in [1.807, 2.05) is 11.8 Å². The average molecular weight is 175 g/mol. The lowest BCUT2D eigenvalue weighted by Crippen LogP contribution is -1.79. The summed E-state index contributed by atoms with van der Waals surface area (Å²) in [5.74, 6) is 3.81. The summed E-state index contributed by atoms with van der Waals surface area (Å²) in [5.41, 5.74) is 2.50. The quantitative estimate of drug-likeness (QED) is 0.608. The van der Waals surface area contributed by atoms with Crippen LogP contribution in [0.1, 0.15) is 16.9 Å². The first-order chi connectivity index (χ1) is 4.92. The second-order valence-electron chi connectivity index (χ2n) is 2.29. The summed E-state index contributed by atoms with van der Waals surface area (Å²) in [6.07, 6.45) is 1.78. The van der Waals surface area contributed by atoms with Gasteiger partial charge in [-0.2, -0.15) is 0 Å². The summed E-state index contributed by atoms with van der Waals surface area (Å²) in [4.78, 5) is 0. The Morgan fingerprint density at radius 3 is 3.30 bits per heavy atom. The minimum absolute atomic E-state index is 0.583. The lowest BCUT2D eigenvalue weighted by molar-refractivity contribution is 0.528. The van der Waals surface area contributed by atoms with E-state index in [1.54, 1.807) is 6.26 Å². The molecule has 0 aliphatic carbocycles. The van der Waals surface area contributed by atoms with Gasteiger partial charge in [-0.3, -0.25) is 0 Å². The molecular formula is C7H7ClOS. The van der Waals surface area contributed by atoms with E-state index in [1.165, 1.54) is 11.1 Å². The molecule has 0 saturated carbocycles. The average Bonchev–Trinajstić information content (AvgIpc) is 2.44. The number of rotatable bonds is 1. The van der Waals surface area contributed by atoms with Gasteiger partial charge in [-0.15, -0.1) is 23.4 Å². The number of hydrogen-bond acceptors (Lipinski definition) is 2. The smallest absolute Gasteiger partial charge is 0.118 e. The lowest BCUT2D eigenvalue weighted by atomic mass is 10.2. The van der Waals surface area contributed by atoms with Crippen LogP contribution in [-0.2, 0) is 17.4 Å². The Kier molecular flexibility index (Phi) is 1.66. The first kappa shape index (κ1) is 6.62. The Morgan fingerprint density at radius 1 is 1.60 bits per heavy atom. The molecule has 1 nitrogen and oxygen atoms in total. The molecule has 0 spiro atoms. The van der Waals surface area contributed by atoms with Crippen LogP contribution in [0, 0.1) is 0 Å². The molecule has 0 radical (unpaired) electrons. The third-order valence-corrected chi connectivity index (χ3v) is 2.94. The summed E-state index contributed by atoms with van der Waals surface area (Å²) in [6.45, 7) is 0. The second kappa shape index (κ2) is 2.51. The third-order valence-electron chi connectivity index (χ3n) is 1.69. The Morgan fingerprint density at radius 2 is 2.50 bits per heavy atom. The molecule has 3 heteroatoms. The standard InChI is InChI=1S/C7H7ClOS/c8-1-5-2-9-7-4-10-3-6(5)7/h2H,1,3-4H2. The number of furan rings is 1. The summed E-state index contributed by atoms with van der Waals surface area (Å²) in [6, 6.07) is 0. The van der Waals surface area contributed by atoms with Crippen LogP contribution in [0.3, 0.4) is 0 Å². The van der Waals surface area contributed by atoms with Crippen molar-refractivity contribution >= 4 is 23.4 Å². The normalized spacial score (nSPS) is 15.7. The number of fused-ring (bicyclic) bond motifs is 1. The molecule has 0 amide bonds. The first-order valence-electron chi connectivity index (χ1n) is 3.13. The van der Waals surface area contributed by atoms with Crippen LogP contribution in [0.5, 0.6) is 0 Å². The Balaban J connectivity index is 2.44. The van der Waals surface area contributed by atoms with Crippen molar-refractivity contribution in [2.45, 2.75) is 17.4 Å². The maximum atomic E-state index is 5.68. The maximum absolute atomic E-state index is 5.68. The van der Waals surface area contributed by atoms with Crippen molar-refractivity contribution in [2.75, 3.05) is 0 Å². The van der Waals surface area contributed by atoms with Gasteiger partial charge in [0, 0.05) is 16.9 Å². The van der Waals surface area contributed by atoms with Gasteiger partial charge in [0.05, 0.1) is 17.9 Å². The third kappa shape index (κ3) is 0.867. The van der Waals surface area contributed by atoms with Crippen molar-refractivity contribution in [3.05, 3.63) is 23.2 Å². The Hall–Kier alpha value is -0.0800. The van der Waals surface area contributed by atoms with Gasteiger partial charge in [-0.25, -0.2) is 0 Å². The number of hydrogen-bond donors (Lipinski definition) is 0. The van der Waals surface area contributed by atoms with Crippen molar-refractivity contribution in [3.8, 4) is 0 Å². The minimum Gasteiger partial charge on any atom is -0.468 e. The van der Waals surface area contributed by atoms with Gasteiger partial charge in [-0.1, -0.05) is 0 Å². The second-order valence-corrected chi connectivity index (χ2v) is 3.54. The predicted octanol–water partition coefficient (Wildman–Crippen LogP) is 2.77. The van der Waals surface area contributed by atoms with Gasteiger partial charge >= 0.3 is 0 Å². The molecule has 2 rings (SSSR count). The monoisotopic (exact) mass is 174 g/mol. The van der Waals surface area contributed by atoms with Gasteiger partial charge < -0.3 is 4.42 Å². The summed E-state index contributed by atoms with van der Waals surface area (Å²) in [7, 11) is 0. The van der Waals surface area contributed by atoms with Crippen LogP contribution in [0.25, 0.3) is 0 Å². The molecule has 1 aromatic rings. The molecule has 0 aromatic carbocycles. The molecule has 1 aliphatic rings. The van der Waals surface area contributed by atoms with Crippen molar-refractivity contribution in [1.29, 1.82) is 0 Å². The molecule has 2 heterocycles. The highest BCUT2D eigenvalue weighted by atomic mass is 35.5. The summed E-state index contributed by atoms with van der Waals surface area (Å²) in [5, 5.41) is 0. The van der Waals surface area contributed by atoms with Gasteiger partial charge in [0.1, 0.15) is 5.76 Å². The van der Waals surface area contributed by atoms with E-state index in [0.29, 0.717) is 5.88 Å². The Labute approximate surface area is 68.7 Å². The van der Waals surface area contributed by atoms with Crippen LogP contribution >= 0.6 is 23.4 Å². The van der Waals surface area contributed by atoms with E-state index in [0.717, 1.165) is 17.3 Å². The van der Waals surface area contributed by atoms with Crippen LogP contribution in [0.4, 0.5) is 0 Å². The zero-order valence-electron chi connectivity index (χ0n) is 5.39. The van der Waals surface area contributed by atoms with Crippen molar-refractivity contribution in [2.24, 2.45) is 0 Å². The number of halogens is 1. The van der Waals surface area contributed by atoms with E-state index in [4.69, 9.17) is 16.0 Å². The van der Waals surface area contributed by atoms with Gasteiger partial charge in [0.25, 0.3) is 0 Å². The molecule has 0 saturated heterocycles. The Bertz CT molecular complexity index is 244. The summed E-state index contributed by atoms with van der Waals surface area (Å²) < 4.78 is 5.29. The first-order valence-corrected chi connectivity index (χ1v) is 4.82. The molecule has 0 fully saturated rings. The zero-order valence-corrected chi connectivity index (χ0v) is 6.97. The molecule has 0 unspecified atom stereocenters. The number of thioether (sulfide) groups is 1. The van der Waals surface area contributed by atoms with Crippen LogP contribution < -0.4 is 0 Å². The van der Waals surface area contributed by atoms with E-state index in [9.17, 15) is 0 Å². The molecule has 54 valence electrons. The number of alkyl halides is 1. The fraction of sp³-hybridized carbons (Fsp3) is 0.429. The highest BCUT2D eigenvalue weighted by molar-refractivity contribution is 7.98. The summed E-state index contributed by atoms with van der Waals surface area (Å²) >= 11 is 7.57. The molecule has 10 heavy (non-hydrogen) atoms. The molecule has 1 aliphatic heterocycles. The maximum Gasteiger partial charge on any atom is 0.118 e. The minimum atomic E-state index is 0.583. The highest BCUT2D eigenvalue weighted by Gasteiger charge is 2.18. The molecule has 0 bridgehead atoms. The van der Waals surface area contributed by atoms with E-state index in [2.05, 4.69) is 0 Å². The van der Waals surface area contributed by atoms with Crippen LogP contribution in [0.2, 0.25) is 0 Å². The fourth-order valence-corrected chi connectivity index (χ4v) is 2.42. The molecule has 0 atom stereocenters. The van der Waals surface area contributed by atoms with E-state index >= 15 is 0 Å². The van der Waals surface area contributed by atoms with E-state index in [-0.39, 0.29) is 0 Å². The van der Waals surface area contributed by atoms with Crippen LogP contribution in [-0.4, -0.2) is 0 Å². The molecule has 0 N–H and O–H groups in total. The topological polar surface area (TPSA) is 13.1 Å². The lowest BCUT2D eigenvalue weighted by Gasteiger charge is -1.88. The highest BCUT2D eigenvalue weighted by Crippen LogP contribution is 2.33. The van der Waals surface area contributed by atoms with E-state index < -0.39 is 0 Å². The van der Waals surface area contributed by atoms with Gasteiger partial charge in [-0.05, 0) is 0 Å². The van der Waals surface area contributed by atoms with Crippen LogP contribution in [0.15, 0.2) is 10.7 Å². The largest absolute Gasteiger partial charge is 0.468 e.